The molecule has 0 spiro atoms. The van der Waals surface area contributed by atoms with E-state index in [0.29, 0.717) is 17.1 Å². The number of para-hydroxylation sites is 1. The lowest BCUT2D eigenvalue weighted by atomic mass is 10.0. The van der Waals surface area contributed by atoms with Crippen molar-refractivity contribution in [2.45, 2.75) is 12.5 Å². The molecule has 2 aromatic carbocycles. The molecule has 3 rings (SSSR count). The third-order valence-corrected chi connectivity index (χ3v) is 4.18. The average Bonchev–Trinajstić information content (AvgIpc) is 3.06. The highest BCUT2D eigenvalue weighted by atomic mass is 19.1. The van der Waals surface area contributed by atoms with Crippen LogP contribution in [0.15, 0.2) is 60.9 Å². The third kappa shape index (κ3) is 3.74. The topological polar surface area (TPSA) is 56.1 Å². The second-order valence-corrected chi connectivity index (χ2v) is 5.91. The average molecular weight is 353 g/mol. The lowest BCUT2D eigenvalue weighted by Gasteiger charge is -2.20. The van der Waals surface area contributed by atoms with Gasteiger partial charge in [-0.2, -0.15) is 0 Å². The highest BCUT2D eigenvalue weighted by Crippen LogP contribution is 2.24. The number of nitrogens with one attached hydrogen (secondary N) is 1. The van der Waals surface area contributed by atoms with Crippen molar-refractivity contribution in [3.8, 4) is 5.75 Å². The fourth-order valence-corrected chi connectivity index (χ4v) is 2.88. The van der Waals surface area contributed by atoms with Gasteiger partial charge in [0.1, 0.15) is 23.4 Å². The number of hydrogen-bond donors (Lipinski definition) is 1. The molecule has 3 aromatic rings. The molecule has 6 heteroatoms. The van der Waals surface area contributed by atoms with Gasteiger partial charge >= 0.3 is 0 Å². The van der Waals surface area contributed by atoms with Gasteiger partial charge in [-0.3, -0.25) is 4.79 Å². The predicted molar refractivity (Wildman–Crippen MR) is 96.3 cm³/mol. The standard InChI is InChI=1S/C20H20FN3O2/c1-24-12-11-22-20(24)19(15-8-4-5-9-16(15)21)23-18(25)13-14-7-3-6-10-17(14)26-2/h3-12,19H,13H2,1-2H3,(H,23,25)/t19-/m0/s1. The number of nitrogens with zero attached hydrogens (tertiary/aromatic N) is 2. The van der Waals surface area contributed by atoms with E-state index in [1.165, 1.54) is 6.07 Å². The Kier molecular flexibility index (Phi) is 5.31. The van der Waals surface area contributed by atoms with Gasteiger partial charge in [-0.15, -0.1) is 0 Å². The molecule has 5 nitrogen and oxygen atoms in total. The van der Waals surface area contributed by atoms with E-state index in [1.807, 2.05) is 25.2 Å². The van der Waals surface area contributed by atoms with E-state index >= 15 is 0 Å². The van der Waals surface area contributed by atoms with Crippen molar-refractivity contribution in [2.24, 2.45) is 7.05 Å². The second-order valence-electron chi connectivity index (χ2n) is 5.91. The molecule has 1 aromatic heterocycles. The number of carbonyl (C=O) groups is 1. The van der Waals surface area contributed by atoms with Crippen molar-refractivity contribution in [2.75, 3.05) is 7.11 Å². The largest absolute Gasteiger partial charge is 0.496 e. The number of aryl methyl sites for hydroxylation is 1. The van der Waals surface area contributed by atoms with Crippen molar-refractivity contribution in [1.29, 1.82) is 0 Å². The van der Waals surface area contributed by atoms with Gasteiger partial charge in [0, 0.05) is 30.6 Å². The molecule has 0 radical (unpaired) electrons. The smallest absolute Gasteiger partial charge is 0.225 e. The maximum absolute atomic E-state index is 14.4. The molecule has 1 amide bonds. The number of rotatable bonds is 6. The summed E-state index contributed by atoms with van der Waals surface area (Å²) in [5.41, 5.74) is 1.13. The molecule has 0 bridgehead atoms. The van der Waals surface area contributed by atoms with E-state index < -0.39 is 11.9 Å². The fraction of sp³-hybridized carbons (Fsp3) is 0.200. The van der Waals surface area contributed by atoms with Crippen molar-refractivity contribution < 1.29 is 13.9 Å². The molecule has 0 saturated heterocycles. The molecule has 0 unspecified atom stereocenters. The van der Waals surface area contributed by atoms with Crippen LogP contribution in [0.3, 0.4) is 0 Å². The van der Waals surface area contributed by atoms with Gasteiger partial charge in [-0.1, -0.05) is 36.4 Å². The maximum Gasteiger partial charge on any atom is 0.225 e. The first kappa shape index (κ1) is 17.7. The second kappa shape index (κ2) is 7.82. The predicted octanol–water partition coefficient (Wildman–Crippen LogP) is 3.02. The molecular weight excluding hydrogens is 333 g/mol. The summed E-state index contributed by atoms with van der Waals surface area (Å²) in [6.45, 7) is 0. The zero-order valence-corrected chi connectivity index (χ0v) is 14.6. The normalized spacial score (nSPS) is 11.8. The van der Waals surface area contributed by atoms with Crippen molar-refractivity contribution in [3.05, 3.63) is 83.7 Å². The molecule has 1 N–H and O–H groups in total. The van der Waals surface area contributed by atoms with Gasteiger partial charge in [0.2, 0.25) is 5.91 Å². The Morgan fingerprint density at radius 1 is 1.23 bits per heavy atom. The monoisotopic (exact) mass is 353 g/mol. The quantitative estimate of drug-likeness (QED) is 0.741. The number of benzene rings is 2. The van der Waals surface area contributed by atoms with E-state index in [9.17, 15) is 9.18 Å². The van der Waals surface area contributed by atoms with Crippen LogP contribution in [0.1, 0.15) is 23.0 Å². The van der Waals surface area contributed by atoms with E-state index in [-0.39, 0.29) is 12.3 Å². The number of methoxy groups -OCH3 is 1. The number of hydrogen-bond acceptors (Lipinski definition) is 3. The van der Waals surface area contributed by atoms with Gasteiger partial charge in [0.25, 0.3) is 0 Å². The lowest BCUT2D eigenvalue weighted by molar-refractivity contribution is -0.121. The van der Waals surface area contributed by atoms with Crippen LogP contribution in [0.2, 0.25) is 0 Å². The van der Waals surface area contributed by atoms with E-state index in [2.05, 4.69) is 10.3 Å². The molecule has 0 saturated carbocycles. The number of carbonyl (C=O) groups excluding carboxylic acids is 1. The Labute approximate surface area is 151 Å². The first-order valence-corrected chi connectivity index (χ1v) is 8.23. The highest BCUT2D eigenvalue weighted by Gasteiger charge is 2.23. The Morgan fingerprint density at radius 3 is 2.65 bits per heavy atom. The molecule has 0 fully saturated rings. The molecule has 1 atom stereocenters. The number of imidazole rings is 1. The summed E-state index contributed by atoms with van der Waals surface area (Å²) in [6, 6.07) is 13.0. The highest BCUT2D eigenvalue weighted by molar-refractivity contribution is 5.80. The lowest BCUT2D eigenvalue weighted by Crippen LogP contribution is -2.32. The van der Waals surface area contributed by atoms with Crippen LogP contribution in [0, 0.1) is 5.82 Å². The summed E-state index contributed by atoms with van der Waals surface area (Å²) in [6.07, 6.45) is 3.50. The summed E-state index contributed by atoms with van der Waals surface area (Å²) in [5, 5.41) is 2.90. The zero-order valence-electron chi connectivity index (χ0n) is 14.6. The summed E-state index contributed by atoms with van der Waals surface area (Å²) >= 11 is 0. The number of halogens is 1. The van der Waals surface area contributed by atoms with Gasteiger partial charge < -0.3 is 14.6 Å². The van der Waals surface area contributed by atoms with Crippen LogP contribution in [0.5, 0.6) is 5.75 Å². The van der Waals surface area contributed by atoms with Crippen LogP contribution >= 0.6 is 0 Å². The van der Waals surface area contributed by atoms with Crippen LogP contribution in [-0.4, -0.2) is 22.6 Å². The Hall–Kier alpha value is -3.15. The maximum atomic E-state index is 14.4. The van der Waals surface area contributed by atoms with E-state index in [0.717, 1.165) is 5.56 Å². The fourth-order valence-electron chi connectivity index (χ4n) is 2.88. The zero-order chi connectivity index (χ0) is 18.5. The molecule has 0 aliphatic carbocycles. The van der Waals surface area contributed by atoms with Crippen LogP contribution < -0.4 is 10.1 Å². The van der Waals surface area contributed by atoms with Crippen LogP contribution in [0.4, 0.5) is 4.39 Å². The SMILES string of the molecule is COc1ccccc1CC(=O)N[C@@H](c1ccccc1F)c1nccn1C. The first-order valence-electron chi connectivity index (χ1n) is 8.23. The van der Waals surface area contributed by atoms with Gasteiger partial charge in [0.05, 0.1) is 13.5 Å². The van der Waals surface area contributed by atoms with Gasteiger partial charge in [0.15, 0.2) is 0 Å². The number of ether oxygens (including phenoxy) is 1. The van der Waals surface area contributed by atoms with Crippen LogP contribution in [0.25, 0.3) is 0 Å². The first-order chi connectivity index (χ1) is 12.6. The van der Waals surface area contributed by atoms with E-state index in [1.54, 1.807) is 48.3 Å². The van der Waals surface area contributed by atoms with Crippen molar-refractivity contribution in [1.82, 2.24) is 14.9 Å². The molecule has 1 heterocycles. The Bertz CT molecular complexity index is 907. The van der Waals surface area contributed by atoms with Crippen LogP contribution in [-0.2, 0) is 18.3 Å². The molecule has 0 aliphatic rings. The summed E-state index contributed by atoms with van der Waals surface area (Å²) in [4.78, 5) is 16.9. The molecule has 134 valence electrons. The summed E-state index contributed by atoms with van der Waals surface area (Å²) in [5.74, 6) is 0.564. The third-order valence-electron chi connectivity index (χ3n) is 4.18. The number of amides is 1. The Balaban J connectivity index is 1.88. The minimum Gasteiger partial charge on any atom is -0.496 e. The summed E-state index contributed by atoms with van der Waals surface area (Å²) < 4.78 is 21.4. The van der Waals surface area contributed by atoms with Gasteiger partial charge in [-0.05, 0) is 12.1 Å². The molecule has 26 heavy (non-hydrogen) atoms. The Morgan fingerprint density at radius 2 is 1.96 bits per heavy atom. The van der Waals surface area contributed by atoms with Crippen molar-refractivity contribution in [3.63, 3.8) is 0 Å². The van der Waals surface area contributed by atoms with Crippen molar-refractivity contribution >= 4 is 5.91 Å². The molecular formula is C20H20FN3O2. The minimum absolute atomic E-state index is 0.124. The number of aromatic nitrogens is 2. The minimum atomic E-state index is -0.682. The molecule has 0 aliphatic heterocycles. The van der Waals surface area contributed by atoms with E-state index in [4.69, 9.17) is 4.74 Å². The summed E-state index contributed by atoms with van der Waals surface area (Å²) in [7, 11) is 3.37. The van der Waals surface area contributed by atoms with Gasteiger partial charge in [-0.25, -0.2) is 9.37 Å².